The molecule has 0 spiro atoms. The molecule has 2 aromatic carbocycles. The van der Waals surface area contributed by atoms with Crippen molar-refractivity contribution in [2.45, 2.75) is 6.92 Å². The molecule has 1 amide bonds. The van der Waals surface area contributed by atoms with E-state index in [0.29, 0.717) is 18.9 Å². The fourth-order valence-corrected chi connectivity index (χ4v) is 2.06. The van der Waals surface area contributed by atoms with Gasteiger partial charge in [0.15, 0.2) is 0 Å². The third-order valence-electron chi connectivity index (χ3n) is 3.50. The molecule has 2 aromatic rings. The van der Waals surface area contributed by atoms with E-state index in [4.69, 9.17) is 9.47 Å². The minimum Gasteiger partial charge on any atom is -0.507 e. The molecular formula is C18H21NO4. The van der Waals surface area contributed by atoms with Gasteiger partial charge < -0.3 is 19.5 Å². The number of benzene rings is 2. The molecular weight excluding hydrogens is 294 g/mol. The van der Waals surface area contributed by atoms with E-state index in [2.05, 4.69) is 0 Å². The smallest absolute Gasteiger partial charge is 0.257 e. The van der Waals surface area contributed by atoms with Gasteiger partial charge in [0, 0.05) is 13.1 Å². The van der Waals surface area contributed by atoms with Crippen LogP contribution in [0.2, 0.25) is 0 Å². The lowest BCUT2D eigenvalue weighted by atomic mass is 10.1. The standard InChI is InChI=1S/C18H21NO4/c1-13-4-6-14(7-5-13)23-11-10-19(2)18(21)16-9-8-15(22-3)12-17(16)20/h4-9,12,20H,10-11H2,1-3H3. The lowest BCUT2D eigenvalue weighted by Gasteiger charge is -2.18. The lowest BCUT2D eigenvalue weighted by Crippen LogP contribution is -2.30. The number of methoxy groups -OCH3 is 1. The Balaban J connectivity index is 1.91. The van der Waals surface area contributed by atoms with Crippen molar-refractivity contribution in [2.75, 3.05) is 27.3 Å². The molecule has 2 rings (SSSR count). The largest absolute Gasteiger partial charge is 0.507 e. The summed E-state index contributed by atoms with van der Waals surface area (Å²) in [5, 5.41) is 9.91. The molecule has 0 aliphatic rings. The number of hydrogen-bond acceptors (Lipinski definition) is 4. The number of aromatic hydroxyl groups is 1. The molecule has 0 bridgehead atoms. The fourth-order valence-electron chi connectivity index (χ4n) is 2.06. The highest BCUT2D eigenvalue weighted by molar-refractivity contribution is 5.96. The normalized spacial score (nSPS) is 10.2. The van der Waals surface area contributed by atoms with E-state index in [1.807, 2.05) is 31.2 Å². The van der Waals surface area contributed by atoms with Crippen molar-refractivity contribution in [1.29, 1.82) is 0 Å². The zero-order chi connectivity index (χ0) is 16.8. The molecule has 0 fully saturated rings. The predicted octanol–water partition coefficient (Wildman–Crippen LogP) is 2.86. The number of carbonyl (C=O) groups is 1. The van der Waals surface area contributed by atoms with Gasteiger partial charge in [-0.25, -0.2) is 0 Å². The second kappa shape index (κ2) is 7.54. The first-order chi connectivity index (χ1) is 11.0. The van der Waals surface area contributed by atoms with Crippen molar-refractivity contribution in [1.82, 2.24) is 4.90 Å². The molecule has 5 heteroatoms. The SMILES string of the molecule is COc1ccc(C(=O)N(C)CCOc2ccc(C)cc2)c(O)c1. The van der Waals surface area contributed by atoms with Gasteiger partial charge in [0.25, 0.3) is 5.91 Å². The van der Waals surface area contributed by atoms with Crippen LogP contribution in [0.1, 0.15) is 15.9 Å². The van der Waals surface area contributed by atoms with Crippen molar-refractivity contribution < 1.29 is 19.4 Å². The summed E-state index contributed by atoms with van der Waals surface area (Å²) >= 11 is 0. The number of rotatable bonds is 6. The molecule has 0 atom stereocenters. The Morgan fingerprint density at radius 3 is 2.39 bits per heavy atom. The molecule has 5 nitrogen and oxygen atoms in total. The Kier molecular flexibility index (Phi) is 5.46. The van der Waals surface area contributed by atoms with E-state index in [-0.39, 0.29) is 17.2 Å². The highest BCUT2D eigenvalue weighted by atomic mass is 16.5. The third-order valence-corrected chi connectivity index (χ3v) is 3.50. The van der Waals surface area contributed by atoms with E-state index >= 15 is 0 Å². The monoisotopic (exact) mass is 315 g/mol. The molecule has 122 valence electrons. The topological polar surface area (TPSA) is 59.0 Å². The van der Waals surface area contributed by atoms with Gasteiger partial charge in [-0.1, -0.05) is 17.7 Å². The summed E-state index contributed by atoms with van der Waals surface area (Å²) in [7, 11) is 3.18. The Morgan fingerprint density at radius 1 is 1.13 bits per heavy atom. The molecule has 1 N–H and O–H groups in total. The third kappa shape index (κ3) is 4.39. The van der Waals surface area contributed by atoms with Gasteiger partial charge in [-0.15, -0.1) is 0 Å². The summed E-state index contributed by atoms with van der Waals surface area (Å²) in [6.07, 6.45) is 0. The minimum absolute atomic E-state index is 0.0966. The van der Waals surface area contributed by atoms with Crippen LogP contribution < -0.4 is 9.47 Å². The van der Waals surface area contributed by atoms with Crippen LogP contribution in [-0.2, 0) is 0 Å². The van der Waals surface area contributed by atoms with E-state index in [1.54, 1.807) is 19.2 Å². The second-order valence-corrected chi connectivity index (χ2v) is 5.27. The summed E-state index contributed by atoms with van der Waals surface area (Å²) in [5.41, 5.74) is 1.41. The predicted molar refractivity (Wildman–Crippen MR) is 88.3 cm³/mol. The molecule has 0 radical (unpaired) electrons. The maximum absolute atomic E-state index is 12.3. The average molecular weight is 315 g/mol. The van der Waals surface area contributed by atoms with Crippen LogP contribution in [0.3, 0.4) is 0 Å². The molecule has 0 saturated carbocycles. The van der Waals surface area contributed by atoms with Gasteiger partial charge in [0.05, 0.1) is 19.2 Å². The second-order valence-electron chi connectivity index (χ2n) is 5.27. The summed E-state index contributed by atoms with van der Waals surface area (Å²) in [6, 6.07) is 12.3. The number of carbonyl (C=O) groups excluding carboxylic acids is 1. The van der Waals surface area contributed by atoms with Crippen molar-refractivity contribution in [3.63, 3.8) is 0 Å². The molecule has 0 heterocycles. The fraction of sp³-hybridized carbons (Fsp3) is 0.278. The molecule has 0 aliphatic carbocycles. The summed E-state index contributed by atoms with van der Waals surface area (Å²) in [5.74, 6) is 0.909. The molecule has 23 heavy (non-hydrogen) atoms. The number of likely N-dealkylation sites (N-methyl/N-ethyl adjacent to an activating group) is 1. The zero-order valence-corrected chi connectivity index (χ0v) is 13.6. The van der Waals surface area contributed by atoms with Crippen LogP contribution in [0.4, 0.5) is 0 Å². The van der Waals surface area contributed by atoms with Crippen LogP contribution in [0.25, 0.3) is 0 Å². The highest BCUT2D eigenvalue weighted by Gasteiger charge is 2.16. The van der Waals surface area contributed by atoms with Gasteiger partial charge in [0.1, 0.15) is 23.9 Å². The quantitative estimate of drug-likeness (QED) is 0.890. The minimum atomic E-state index is -0.266. The highest BCUT2D eigenvalue weighted by Crippen LogP contribution is 2.24. The van der Waals surface area contributed by atoms with Gasteiger partial charge >= 0.3 is 0 Å². The summed E-state index contributed by atoms with van der Waals surface area (Å²) in [4.78, 5) is 13.8. The van der Waals surface area contributed by atoms with Crippen LogP contribution in [0.15, 0.2) is 42.5 Å². The molecule has 0 aliphatic heterocycles. The number of phenolic OH excluding ortho intramolecular Hbond substituents is 1. The van der Waals surface area contributed by atoms with Crippen molar-refractivity contribution in [3.8, 4) is 17.2 Å². The maximum atomic E-state index is 12.3. The van der Waals surface area contributed by atoms with Gasteiger partial charge in [-0.05, 0) is 31.2 Å². The number of hydrogen-bond donors (Lipinski definition) is 1. The Hall–Kier alpha value is -2.69. The van der Waals surface area contributed by atoms with E-state index in [1.165, 1.54) is 23.6 Å². The molecule has 0 saturated heterocycles. The van der Waals surface area contributed by atoms with Crippen LogP contribution >= 0.6 is 0 Å². The lowest BCUT2D eigenvalue weighted by molar-refractivity contribution is 0.0770. The number of aryl methyl sites for hydroxylation is 1. The van der Waals surface area contributed by atoms with E-state index in [9.17, 15) is 9.90 Å². The summed E-state index contributed by atoms with van der Waals surface area (Å²) < 4.78 is 10.6. The van der Waals surface area contributed by atoms with Crippen molar-refractivity contribution in [2.24, 2.45) is 0 Å². The van der Waals surface area contributed by atoms with Crippen molar-refractivity contribution in [3.05, 3.63) is 53.6 Å². The van der Waals surface area contributed by atoms with E-state index < -0.39 is 0 Å². The van der Waals surface area contributed by atoms with Gasteiger partial charge in [-0.3, -0.25) is 4.79 Å². The first-order valence-corrected chi connectivity index (χ1v) is 7.33. The molecule has 0 unspecified atom stereocenters. The Morgan fingerprint density at radius 2 is 1.78 bits per heavy atom. The zero-order valence-electron chi connectivity index (χ0n) is 13.6. The first-order valence-electron chi connectivity index (χ1n) is 7.33. The van der Waals surface area contributed by atoms with Crippen LogP contribution in [0.5, 0.6) is 17.2 Å². The van der Waals surface area contributed by atoms with E-state index in [0.717, 1.165) is 5.75 Å². The number of nitrogens with zero attached hydrogens (tertiary/aromatic N) is 1. The number of phenols is 1. The van der Waals surface area contributed by atoms with Gasteiger partial charge in [0.2, 0.25) is 0 Å². The van der Waals surface area contributed by atoms with Crippen LogP contribution in [-0.4, -0.2) is 43.2 Å². The van der Waals surface area contributed by atoms with Gasteiger partial charge in [-0.2, -0.15) is 0 Å². The Labute approximate surface area is 136 Å². The maximum Gasteiger partial charge on any atom is 0.257 e. The first kappa shape index (κ1) is 16.7. The number of ether oxygens (including phenoxy) is 2. The summed E-state index contributed by atoms with van der Waals surface area (Å²) in [6.45, 7) is 2.80. The average Bonchev–Trinajstić information content (AvgIpc) is 2.55. The van der Waals surface area contributed by atoms with Crippen molar-refractivity contribution >= 4 is 5.91 Å². The Bertz CT molecular complexity index is 667. The van der Waals surface area contributed by atoms with Crippen LogP contribution in [0, 0.1) is 6.92 Å². The number of amides is 1. The molecule has 0 aromatic heterocycles.